The summed E-state index contributed by atoms with van der Waals surface area (Å²) in [5, 5.41) is 0. The van der Waals surface area contributed by atoms with Crippen molar-refractivity contribution in [1.29, 1.82) is 0 Å². The van der Waals surface area contributed by atoms with E-state index in [9.17, 15) is 4.39 Å². The summed E-state index contributed by atoms with van der Waals surface area (Å²) in [7, 11) is 1.66. The van der Waals surface area contributed by atoms with Gasteiger partial charge < -0.3 is 4.74 Å². The highest BCUT2D eigenvalue weighted by molar-refractivity contribution is 5.14. The number of alkyl halides is 1. The number of ether oxygens (including phenoxy) is 1. The van der Waals surface area contributed by atoms with E-state index in [-0.39, 0.29) is 6.10 Å². The van der Waals surface area contributed by atoms with Crippen LogP contribution in [0.25, 0.3) is 0 Å². The smallest absolute Gasteiger partial charge is 0.115 e. The summed E-state index contributed by atoms with van der Waals surface area (Å²) in [4.78, 5) is 2.12. The van der Waals surface area contributed by atoms with Gasteiger partial charge in [0.1, 0.15) is 6.17 Å². The van der Waals surface area contributed by atoms with Crippen molar-refractivity contribution in [2.45, 2.75) is 25.2 Å². The molecule has 0 spiro atoms. The zero-order valence-electron chi connectivity index (χ0n) is 9.60. The van der Waals surface area contributed by atoms with Crippen LogP contribution in [0.5, 0.6) is 0 Å². The Morgan fingerprint density at radius 1 is 1.31 bits per heavy atom. The molecule has 1 fully saturated rings. The molecule has 1 aromatic rings. The molecule has 0 aliphatic carbocycles. The van der Waals surface area contributed by atoms with Crippen LogP contribution >= 0.6 is 0 Å². The van der Waals surface area contributed by atoms with Crippen LogP contribution in [0.15, 0.2) is 30.3 Å². The first-order chi connectivity index (χ1) is 7.78. The quantitative estimate of drug-likeness (QED) is 0.779. The van der Waals surface area contributed by atoms with Crippen LogP contribution in [0, 0.1) is 0 Å². The van der Waals surface area contributed by atoms with Gasteiger partial charge in [-0.15, -0.1) is 0 Å². The molecule has 1 aromatic carbocycles. The van der Waals surface area contributed by atoms with Gasteiger partial charge in [-0.3, -0.25) is 4.90 Å². The highest BCUT2D eigenvalue weighted by atomic mass is 19.1. The number of nitrogens with zero attached hydrogens (tertiary/aromatic N) is 1. The van der Waals surface area contributed by atoms with Crippen molar-refractivity contribution < 1.29 is 9.13 Å². The Balaban J connectivity index is 1.94. The summed E-state index contributed by atoms with van der Waals surface area (Å²) in [6, 6.07) is 10.2. The highest BCUT2D eigenvalue weighted by Crippen LogP contribution is 2.18. The predicted molar refractivity (Wildman–Crippen MR) is 62.0 cm³/mol. The molecule has 0 unspecified atom stereocenters. The summed E-state index contributed by atoms with van der Waals surface area (Å²) in [6.45, 7) is 2.15. The number of hydrogen-bond donors (Lipinski definition) is 0. The van der Waals surface area contributed by atoms with E-state index in [1.165, 1.54) is 5.56 Å². The average molecular weight is 223 g/mol. The third kappa shape index (κ3) is 3.03. The van der Waals surface area contributed by atoms with Crippen LogP contribution in [0.4, 0.5) is 4.39 Å². The van der Waals surface area contributed by atoms with Gasteiger partial charge in [-0.1, -0.05) is 30.3 Å². The van der Waals surface area contributed by atoms with Crippen molar-refractivity contribution in [2.75, 3.05) is 20.2 Å². The second-order valence-electron chi connectivity index (χ2n) is 4.37. The van der Waals surface area contributed by atoms with E-state index >= 15 is 0 Å². The van der Waals surface area contributed by atoms with Gasteiger partial charge in [-0.05, 0) is 5.56 Å². The maximum atomic E-state index is 13.5. The Labute approximate surface area is 96.0 Å². The van der Waals surface area contributed by atoms with E-state index in [1.54, 1.807) is 7.11 Å². The first kappa shape index (κ1) is 11.6. The first-order valence-corrected chi connectivity index (χ1v) is 5.71. The van der Waals surface area contributed by atoms with Crippen LogP contribution in [-0.2, 0) is 11.3 Å². The van der Waals surface area contributed by atoms with E-state index < -0.39 is 6.17 Å². The lowest BCUT2D eigenvalue weighted by Crippen LogP contribution is -2.44. The van der Waals surface area contributed by atoms with E-state index in [0.29, 0.717) is 13.0 Å². The van der Waals surface area contributed by atoms with Gasteiger partial charge in [0.2, 0.25) is 0 Å². The molecule has 1 saturated heterocycles. The van der Waals surface area contributed by atoms with Crippen LogP contribution in [0.3, 0.4) is 0 Å². The summed E-state index contributed by atoms with van der Waals surface area (Å²) in [6.07, 6.45) is -0.197. The first-order valence-electron chi connectivity index (χ1n) is 5.71. The second kappa shape index (κ2) is 5.41. The third-order valence-electron chi connectivity index (χ3n) is 3.02. The van der Waals surface area contributed by atoms with Crippen LogP contribution in [-0.4, -0.2) is 37.4 Å². The van der Waals surface area contributed by atoms with E-state index in [2.05, 4.69) is 17.0 Å². The molecule has 0 radical (unpaired) electrons. The molecule has 2 nitrogen and oxygen atoms in total. The minimum atomic E-state index is -0.762. The van der Waals surface area contributed by atoms with Crippen molar-refractivity contribution in [3.63, 3.8) is 0 Å². The number of likely N-dealkylation sites (tertiary alicyclic amines) is 1. The SMILES string of the molecule is CO[C@@H]1C[C@@H](F)CN(Cc2ccccc2)C1. The van der Waals surface area contributed by atoms with E-state index in [4.69, 9.17) is 4.74 Å². The zero-order chi connectivity index (χ0) is 11.4. The molecule has 88 valence electrons. The number of benzene rings is 1. The average Bonchev–Trinajstić information content (AvgIpc) is 2.29. The summed E-state index contributed by atoms with van der Waals surface area (Å²) >= 11 is 0. The maximum absolute atomic E-state index is 13.5. The normalized spacial score (nSPS) is 26.9. The monoisotopic (exact) mass is 223 g/mol. The zero-order valence-corrected chi connectivity index (χ0v) is 9.60. The molecule has 0 bridgehead atoms. The molecule has 0 amide bonds. The molecule has 1 heterocycles. The number of hydrogen-bond acceptors (Lipinski definition) is 2. The molecule has 0 saturated carbocycles. The van der Waals surface area contributed by atoms with Crippen molar-refractivity contribution in [2.24, 2.45) is 0 Å². The Morgan fingerprint density at radius 2 is 2.06 bits per heavy atom. The molecular weight excluding hydrogens is 205 g/mol. The summed E-state index contributed by atoms with van der Waals surface area (Å²) < 4.78 is 18.7. The van der Waals surface area contributed by atoms with Crippen molar-refractivity contribution >= 4 is 0 Å². The fraction of sp³-hybridized carbons (Fsp3) is 0.538. The van der Waals surface area contributed by atoms with Gasteiger partial charge in [0, 0.05) is 33.2 Å². The Hall–Kier alpha value is -0.930. The minimum Gasteiger partial charge on any atom is -0.380 e. The molecular formula is C13H18FNO. The molecule has 2 atom stereocenters. The topological polar surface area (TPSA) is 12.5 Å². The molecule has 16 heavy (non-hydrogen) atoms. The fourth-order valence-corrected chi connectivity index (χ4v) is 2.22. The van der Waals surface area contributed by atoms with Gasteiger partial charge >= 0.3 is 0 Å². The van der Waals surface area contributed by atoms with Crippen LogP contribution in [0.2, 0.25) is 0 Å². The third-order valence-corrected chi connectivity index (χ3v) is 3.02. The molecule has 2 rings (SSSR count). The van der Waals surface area contributed by atoms with E-state index in [0.717, 1.165) is 13.1 Å². The lowest BCUT2D eigenvalue weighted by Gasteiger charge is -2.33. The molecule has 3 heteroatoms. The largest absolute Gasteiger partial charge is 0.380 e. The Bertz CT molecular complexity index is 317. The second-order valence-corrected chi connectivity index (χ2v) is 4.37. The lowest BCUT2D eigenvalue weighted by molar-refractivity contribution is -0.00515. The molecule has 0 N–H and O–H groups in total. The fourth-order valence-electron chi connectivity index (χ4n) is 2.22. The van der Waals surface area contributed by atoms with Gasteiger partial charge in [0.25, 0.3) is 0 Å². The minimum absolute atomic E-state index is 0.0347. The number of piperidine rings is 1. The van der Waals surface area contributed by atoms with Gasteiger partial charge in [-0.25, -0.2) is 4.39 Å². The lowest BCUT2D eigenvalue weighted by atomic mass is 10.1. The van der Waals surface area contributed by atoms with Gasteiger partial charge in [0.15, 0.2) is 0 Å². The Morgan fingerprint density at radius 3 is 2.75 bits per heavy atom. The Kier molecular flexibility index (Phi) is 3.91. The standard InChI is InChI=1S/C13H18FNO/c1-16-13-7-12(14)9-15(10-13)8-11-5-3-2-4-6-11/h2-6,12-13H,7-10H2,1H3/t12-,13-/m1/s1. The molecule has 0 aromatic heterocycles. The van der Waals surface area contributed by atoms with Gasteiger partial charge in [-0.2, -0.15) is 0 Å². The van der Waals surface area contributed by atoms with Crippen molar-refractivity contribution in [3.8, 4) is 0 Å². The summed E-state index contributed by atoms with van der Waals surface area (Å²) in [5.41, 5.74) is 1.23. The predicted octanol–water partition coefficient (Wildman–Crippen LogP) is 2.25. The highest BCUT2D eigenvalue weighted by Gasteiger charge is 2.26. The summed E-state index contributed by atoms with van der Waals surface area (Å²) in [5.74, 6) is 0. The van der Waals surface area contributed by atoms with Crippen molar-refractivity contribution in [3.05, 3.63) is 35.9 Å². The number of halogens is 1. The maximum Gasteiger partial charge on any atom is 0.115 e. The van der Waals surface area contributed by atoms with E-state index in [1.807, 2.05) is 18.2 Å². The molecule has 1 aliphatic rings. The number of methoxy groups -OCH3 is 1. The molecule has 1 aliphatic heterocycles. The van der Waals surface area contributed by atoms with Crippen LogP contribution in [0.1, 0.15) is 12.0 Å². The van der Waals surface area contributed by atoms with Crippen LogP contribution < -0.4 is 0 Å². The number of rotatable bonds is 3. The van der Waals surface area contributed by atoms with Gasteiger partial charge in [0.05, 0.1) is 6.10 Å². The van der Waals surface area contributed by atoms with Crippen molar-refractivity contribution in [1.82, 2.24) is 4.90 Å².